The smallest absolute Gasteiger partial charge is 0.202 e. The number of nitrogens with zero attached hydrogens (tertiary/aromatic N) is 3. The maximum Gasteiger partial charge on any atom is 0.202 e. The van der Waals surface area contributed by atoms with Gasteiger partial charge in [0.25, 0.3) is 0 Å². The molecule has 0 spiro atoms. The SMILES string of the molecule is Cl.Cl.c1ncc2[nH]c(NC3CCCNCC3)nc2n1. The first-order valence-electron chi connectivity index (χ1n) is 6.05. The van der Waals surface area contributed by atoms with Gasteiger partial charge in [-0.3, -0.25) is 0 Å². The van der Waals surface area contributed by atoms with Crippen molar-refractivity contribution < 1.29 is 0 Å². The van der Waals surface area contributed by atoms with Gasteiger partial charge in [0.2, 0.25) is 5.95 Å². The molecule has 1 fully saturated rings. The molecule has 19 heavy (non-hydrogen) atoms. The molecule has 2 aromatic heterocycles. The van der Waals surface area contributed by atoms with E-state index in [-0.39, 0.29) is 24.8 Å². The van der Waals surface area contributed by atoms with Crippen LogP contribution < -0.4 is 10.6 Å². The summed E-state index contributed by atoms with van der Waals surface area (Å²) in [6.45, 7) is 2.18. The number of imidazole rings is 1. The van der Waals surface area contributed by atoms with Crippen LogP contribution in [0.3, 0.4) is 0 Å². The van der Waals surface area contributed by atoms with E-state index in [0.717, 1.165) is 31.0 Å². The van der Waals surface area contributed by atoms with Crippen LogP contribution in [0.1, 0.15) is 19.3 Å². The third kappa shape index (κ3) is 3.92. The number of halogens is 2. The summed E-state index contributed by atoms with van der Waals surface area (Å²) in [5, 5.41) is 6.83. The molecule has 0 radical (unpaired) electrons. The summed E-state index contributed by atoms with van der Waals surface area (Å²) in [7, 11) is 0. The highest BCUT2D eigenvalue weighted by atomic mass is 35.5. The number of rotatable bonds is 2. The lowest BCUT2D eigenvalue weighted by Gasteiger charge is -2.14. The number of hydrogen-bond acceptors (Lipinski definition) is 5. The quantitative estimate of drug-likeness (QED) is 0.788. The zero-order chi connectivity index (χ0) is 11.5. The van der Waals surface area contributed by atoms with Crippen molar-refractivity contribution in [3.8, 4) is 0 Å². The largest absolute Gasteiger partial charge is 0.353 e. The lowest BCUT2D eigenvalue weighted by Crippen LogP contribution is -2.22. The van der Waals surface area contributed by atoms with E-state index in [0.29, 0.717) is 11.7 Å². The zero-order valence-electron chi connectivity index (χ0n) is 10.4. The molecule has 0 aliphatic carbocycles. The normalized spacial score (nSPS) is 19.1. The Kier molecular flexibility index (Phi) is 6.27. The molecule has 0 amide bonds. The molecular formula is C11H18Cl2N6. The second kappa shape index (κ2) is 7.47. The number of H-pyrrole nitrogens is 1. The van der Waals surface area contributed by atoms with Gasteiger partial charge in [0.1, 0.15) is 11.8 Å². The van der Waals surface area contributed by atoms with Gasteiger partial charge >= 0.3 is 0 Å². The molecule has 1 saturated heterocycles. The minimum absolute atomic E-state index is 0. The molecule has 3 N–H and O–H groups in total. The molecule has 1 unspecified atom stereocenters. The van der Waals surface area contributed by atoms with E-state index in [9.17, 15) is 0 Å². The van der Waals surface area contributed by atoms with Crippen LogP contribution in [0.2, 0.25) is 0 Å². The molecule has 8 heteroatoms. The Hall–Kier alpha value is -1.11. The van der Waals surface area contributed by atoms with Gasteiger partial charge < -0.3 is 15.6 Å². The van der Waals surface area contributed by atoms with Gasteiger partial charge in [0, 0.05) is 6.04 Å². The highest BCUT2D eigenvalue weighted by molar-refractivity contribution is 5.85. The Labute approximate surface area is 124 Å². The van der Waals surface area contributed by atoms with Gasteiger partial charge in [-0.15, -0.1) is 24.8 Å². The van der Waals surface area contributed by atoms with Crippen LogP contribution in [0.5, 0.6) is 0 Å². The summed E-state index contributed by atoms with van der Waals surface area (Å²) in [5.41, 5.74) is 1.59. The maximum absolute atomic E-state index is 4.40. The Morgan fingerprint density at radius 2 is 2.11 bits per heavy atom. The topological polar surface area (TPSA) is 78.5 Å². The van der Waals surface area contributed by atoms with Crippen LogP contribution in [0.15, 0.2) is 12.5 Å². The number of anilines is 1. The Morgan fingerprint density at radius 3 is 2.95 bits per heavy atom. The number of aromatic amines is 1. The Bertz CT molecular complexity index is 462. The number of nitrogens with one attached hydrogen (secondary N) is 3. The molecule has 6 nitrogen and oxygen atoms in total. The van der Waals surface area contributed by atoms with Crippen LogP contribution in [0.25, 0.3) is 11.2 Å². The van der Waals surface area contributed by atoms with E-state index in [1.54, 1.807) is 6.20 Å². The van der Waals surface area contributed by atoms with Crippen molar-refractivity contribution in [1.29, 1.82) is 0 Å². The van der Waals surface area contributed by atoms with E-state index in [1.807, 2.05) is 0 Å². The van der Waals surface area contributed by atoms with E-state index in [2.05, 4.69) is 30.6 Å². The fourth-order valence-corrected chi connectivity index (χ4v) is 2.19. The van der Waals surface area contributed by atoms with Gasteiger partial charge in [-0.25, -0.2) is 9.97 Å². The zero-order valence-corrected chi connectivity index (χ0v) is 12.1. The molecule has 3 rings (SSSR count). The van der Waals surface area contributed by atoms with Crippen molar-refractivity contribution in [2.75, 3.05) is 18.4 Å². The lowest BCUT2D eigenvalue weighted by molar-refractivity contribution is 0.633. The van der Waals surface area contributed by atoms with E-state index in [4.69, 9.17) is 0 Å². The summed E-state index contributed by atoms with van der Waals surface area (Å²) >= 11 is 0. The minimum atomic E-state index is 0. The summed E-state index contributed by atoms with van der Waals surface area (Å²) < 4.78 is 0. The van der Waals surface area contributed by atoms with Crippen LogP contribution in [-0.2, 0) is 0 Å². The average Bonchev–Trinajstić information content (AvgIpc) is 2.57. The molecule has 2 aromatic rings. The summed E-state index contributed by atoms with van der Waals surface area (Å²) in [5.74, 6) is 0.799. The highest BCUT2D eigenvalue weighted by Gasteiger charge is 2.13. The van der Waals surface area contributed by atoms with Gasteiger partial charge in [-0.05, 0) is 32.4 Å². The third-order valence-corrected chi connectivity index (χ3v) is 3.08. The van der Waals surface area contributed by atoms with Gasteiger partial charge in [-0.2, -0.15) is 4.98 Å². The van der Waals surface area contributed by atoms with E-state index in [1.165, 1.54) is 19.2 Å². The fourth-order valence-electron chi connectivity index (χ4n) is 2.19. The number of hydrogen-bond donors (Lipinski definition) is 3. The summed E-state index contributed by atoms with van der Waals surface area (Å²) in [6.07, 6.45) is 6.77. The lowest BCUT2D eigenvalue weighted by atomic mass is 10.1. The first kappa shape index (κ1) is 15.9. The molecule has 1 aliphatic heterocycles. The van der Waals surface area contributed by atoms with Crippen molar-refractivity contribution in [2.45, 2.75) is 25.3 Å². The fraction of sp³-hybridized carbons (Fsp3) is 0.545. The highest BCUT2D eigenvalue weighted by Crippen LogP contribution is 2.14. The predicted molar refractivity (Wildman–Crippen MR) is 80.3 cm³/mol. The van der Waals surface area contributed by atoms with Crippen molar-refractivity contribution in [1.82, 2.24) is 25.3 Å². The first-order valence-corrected chi connectivity index (χ1v) is 6.05. The number of fused-ring (bicyclic) bond motifs is 1. The second-order valence-electron chi connectivity index (χ2n) is 4.37. The van der Waals surface area contributed by atoms with E-state index < -0.39 is 0 Å². The number of aromatic nitrogens is 4. The monoisotopic (exact) mass is 304 g/mol. The molecule has 0 bridgehead atoms. The van der Waals surface area contributed by atoms with E-state index >= 15 is 0 Å². The van der Waals surface area contributed by atoms with Crippen molar-refractivity contribution >= 4 is 41.9 Å². The van der Waals surface area contributed by atoms with Crippen molar-refractivity contribution in [3.63, 3.8) is 0 Å². The summed E-state index contributed by atoms with van der Waals surface area (Å²) in [4.78, 5) is 15.7. The molecular weight excluding hydrogens is 287 g/mol. The van der Waals surface area contributed by atoms with Crippen LogP contribution in [0, 0.1) is 0 Å². The first-order chi connectivity index (χ1) is 8.42. The van der Waals surface area contributed by atoms with Gasteiger partial charge in [0.05, 0.1) is 6.20 Å². The second-order valence-corrected chi connectivity index (χ2v) is 4.37. The van der Waals surface area contributed by atoms with Crippen LogP contribution in [0.4, 0.5) is 5.95 Å². The molecule has 0 aromatic carbocycles. The van der Waals surface area contributed by atoms with Crippen molar-refractivity contribution in [2.24, 2.45) is 0 Å². The third-order valence-electron chi connectivity index (χ3n) is 3.08. The standard InChI is InChI=1S/C11H16N6.2ClH/c1-2-8(3-5-12-4-1)15-11-16-9-6-13-7-14-10(9)17-11;;/h6-8,12H,1-5H2,(H2,13,14,15,16,17);2*1H. The Balaban J connectivity index is 0.000000902. The van der Waals surface area contributed by atoms with Crippen molar-refractivity contribution in [3.05, 3.63) is 12.5 Å². The Morgan fingerprint density at radius 1 is 1.21 bits per heavy atom. The molecule has 1 atom stereocenters. The molecule has 0 saturated carbocycles. The van der Waals surface area contributed by atoms with Gasteiger partial charge in [0.15, 0.2) is 5.65 Å². The summed E-state index contributed by atoms with van der Waals surface area (Å²) in [6, 6.07) is 0.485. The van der Waals surface area contributed by atoms with Crippen LogP contribution >= 0.6 is 24.8 Å². The minimum Gasteiger partial charge on any atom is -0.353 e. The molecule has 3 heterocycles. The van der Waals surface area contributed by atoms with Gasteiger partial charge in [-0.1, -0.05) is 0 Å². The molecule has 106 valence electrons. The predicted octanol–water partition coefficient (Wildman–Crippen LogP) is 1.75. The average molecular weight is 305 g/mol. The van der Waals surface area contributed by atoms with Crippen LogP contribution in [-0.4, -0.2) is 39.1 Å². The maximum atomic E-state index is 4.40. The molecule has 1 aliphatic rings.